The van der Waals surface area contributed by atoms with Crippen molar-refractivity contribution >= 4 is 0 Å². The number of benzene rings is 2. The first-order valence-electron chi connectivity index (χ1n) is 6.53. The zero-order valence-corrected chi connectivity index (χ0v) is 11.5. The van der Waals surface area contributed by atoms with Crippen molar-refractivity contribution in [2.24, 2.45) is 0 Å². The van der Waals surface area contributed by atoms with E-state index in [4.69, 9.17) is 4.74 Å². The van der Waals surface area contributed by atoms with Gasteiger partial charge in [-0.25, -0.2) is 0 Å². The Hall–Kier alpha value is -1.80. The van der Waals surface area contributed by atoms with Gasteiger partial charge in [0.2, 0.25) is 0 Å². The van der Waals surface area contributed by atoms with E-state index in [1.54, 1.807) is 7.11 Å². The van der Waals surface area contributed by atoms with Crippen molar-refractivity contribution in [3.63, 3.8) is 0 Å². The number of rotatable bonds is 5. The van der Waals surface area contributed by atoms with Crippen LogP contribution in [0.15, 0.2) is 54.6 Å². The predicted molar refractivity (Wildman–Crippen MR) is 77.3 cm³/mol. The van der Waals surface area contributed by atoms with Crippen LogP contribution in [0, 0.1) is 0 Å². The van der Waals surface area contributed by atoms with E-state index in [2.05, 4.69) is 0 Å². The van der Waals surface area contributed by atoms with Crippen LogP contribution in [-0.4, -0.2) is 12.2 Å². The summed E-state index contributed by atoms with van der Waals surface area (Å²) in [6.45, 7) is 1.87. The third-order valence-corrected chi connectivity index (χ3v) is 3.46. The molecule has 2 heteroatoms. The Balaban J connectivity index is 2.01. The highest BCUT2D eigenvalue weighted by Crippen LogP contribution is 2.26. The first kappa shape index (κ1) is 13.6. The summed E-state index contributed by atoms with van der Waals surface area (Å²) in [5, 5.41) is 10.5. The molecule has 0 heterocycles. The van der Waals surface area contributed by atoms with Crippen LogP contribution in [0.2, 0.25) is 0 Å². The zero-order valence-electron chi connectivity index (χ0n) is 11.5. The Kier molecular flexibility index (Phi) is 4.23. The largest absolute Gasteiger partial charge is 0.497 e. The highest BCUT2D eigenvalue weighted by molar-refractivity contribution is 5.28. The molecule has 1 atom stereocenters. The molecule has 0 fully saturated rings. The topological polar surface area (TPSA) is 29.5 Å². The molecule has 0 saturated heterocycles. The molecule has 1 unspecified atom stereocenters. The molecule has 0 aliphatic carbocycles. The number of methoxy groups -OCH3 is 1. The van der Waals surface area contributed by atoms with Crippen LogP contribution in [0.5, 0.6) is 5.75 Å². The molecule has 0 aromatic heterocycles. The molecule has 2 aromatic rings. The summed E-state index contributed by atoms with van der Waals surface area (Å²) in [5.74, 6) is 0.860. The molecule has 2 rings (SSSR count). The van der Waals surface area contributed by atoms with E-state index in [0.717, 1.165) is 17.7 Å². The fraction of sp³-hybridized carbons (Fsp3) is 0.294. The molecule has 19 heavy (non-hydrogen) atoms. The SMILES string of the molecule is COc1ccc(CCC(C)(O)c2ccccc2)cc1. The minimum atomic E-state index is -0.790. The maximum atomic E-state index is 10.5. The van der Waals surface area contributed by atoms with Gasteiger partial charge in [-0.3, -0.25) is 0 Å². The van der Waals surface area contributed by atoms with Gasteiger partial charge in [0, 0.05) is 0 Å². The number of aryl methyl sites for hydroxylation is 1. The molecule has 0 amide bonds. The molecule has 2 aromatic carbocycles. The summed E-state index contributed by atoms with van der Waals surface area (Å²) in [7, 11) is 1.66. The molecule has 0 saturated carbocycles. The summed E-state index contributed by atoms with van der Waals surface area (Å²) in [4.78, 5) is 0. The van der Waals surface area contributed by atoms with E-state index in [9.17, 15) is 5.11 Å². The second kappa shape index (κ2) is 5.89. The lowest BCUT2D eigenvalue weighted by Gasteiger charge is -2.23. The fourth-order valence-corrected chi connectivity index (χ4v) is 2.12. The van der Waals surface area contributed by atoms with Gasteiger partial charge in [0.15, 0.2) is 0 Å². The molecule has 0 spiro atoms. The quantitative estimate of drug-likeness (QED) is 0.886. The maximum absolute atomic E-state index is 10.5. The summed E-state index contributed by atoms with van der Waals surface area (Å²) in [5.41, 5.74) is 1.38. The molecule has 2 nitrogen and oxygen atoms in total. The van der Waals surface area contributed by atoms with Crippen molar-refractivity contribution in [1.82, 2.24) is 0 Å². The standard InChI is InChI=1S/C17H20O2/c1-17(18,15-6-4-3-5-7-15)13-12-14-8-10-16(19-2)11-9-14/h3-11,18H,12-13H2,1-2H3. The van der Waals surface area contributed by atoms with Crippen LogP contribution in [0.1, 0.15) is 24.5 Å². The average Bonchev–Trinajstić information content (AvgIpc) is 2.47. The van der Waals surface area contributed by atoms with Crippen molar-refractivity contribution in [2.75, 3.05) is 7.11 Å². The molecule has 1 N–H and O–H groups in total. The van der Waals surface area contributed by atoms with Crippen molar-refractivity contribution in [3.8, 4) is 5.75 Å². The fourth-order valence-electron chi connectivity index (χ4n) is 2.12. The third kappa shape index (κ3) is 3.58. The normalized spacial score (nSPS) is 13.8. The van der Waals surface area contributed by atoms with E-state index < -0.39 is 5.60 Å². The lowest BCUT2D eigenvalue weighted by Crippen LogP contribution is -2.21. The predicted octanol–water partition coefficient (Wildman–Crippen LogP) is 3.54. The molecule has 0 bridgehead atoms. The Bertz CT molecular complexity index is 501. The van der Waals surface area contributed by atoms with E-state index in [1.807, 2.05) is 61.5 Å². The van der Waals surface area contributed by atoms with Gasteiger partial charge in [0.1, 0.15) is 5.75 Å². The second-order valence-electron chi connectivity index (χ2n) is 4.99. The third-order valence-electron chi connectivity index (χ3n) is 3.46. The Morgan fingerprint density at radius 2 is 1.63 bits per heavy atom. The monoisotopic (exact) mass is 256 g/mol. The van der Waals surface area contributed by atoms with Gasteiger partial charge in [0.25, 0.3) is 0 Å². The smallest absolute Gasteiger partial charge is 0.118 e. The lowest BCUT2D eigenvalue weighted by molar-refractivity contribution is 0.0480. The van der Waals surface area contributed by atoms with E-state index >= 15 is 0 Å². The minimum absolute atomic E-state index is 0.698. The maximum Gasteiger partial charge on any atom is 0.118 e. The highest BCUT2D eigenvalue weighted by Gasteiger charge is 2.22. The summed E-state index contributed by atoms with van der Waals surface area (Å²) in [6.07, 6.45) is 1.54. The van der Waals surface area contributed by atoms with Crippen molar-refractivity contribution in [1.29, 1.82) is 0 Å². The molecular weight excluding hydrogens is 236 g/mol. The number of hydrogen-bond donors (Lipinski definition) is 1. The van der Waals surface area contributed by atoms with Crippen molar-refractivity contribution < 1.29 is 9.84 Å². The summed E-state index contributed by atoms with van der Waals surface area (Å²) in [6, 6.07) is 17.8. The van der Waals surface area contributed by atoms with Crippen LogP contribution < -0.4 is 4.74 Å². The van der Waals surface area contributed by atoms with E-state index in [-0.39, 0.29) is 0 Å². The molecule has 0 aliphatic rings. The first-order valence-corrected chi connectivity index (χ1v) is 6.53. The minimum Gasteiger partial charge on any atom is -0.497 e. The molecule has 0 radical (unpaired) electrons. The summed E-state index contributed by atoms with van der Waals surface area (Å²) >= 11 is 0. The first-order chi connectivity index (χ1) is 9.12. The Labute approximate surface area is 114 Å². The molecule has 100 valence electrons. The van der Waals surface area contributed by atoms with Gasteiger partial charge < -0.3 is 9.84 Å². The Morgan fingerprint density at radius 1 is 1.00 bits per heavy atom. The van der Waals surface area contributed by atoms with Crippen LogP contribution in [0.4, 0.5) is 0 Å². The van der Waals surface area contributed by atoms with E-state index in [1.165, 1.54) is 5.56 Å². The van der Waals surface area contributed by atoms with Crippen LogP contribution >= 0.6 is 0 Å². The van der Waals surface area contributed by atoms with Crippen LogP contribution in [0.3, 0.4) is 0 Å². The van der Waals surface area contributed by atoms with E-state index in [0.29, 0.717) is 6.42 Å². The van der Waals surface area contributed by atoms with Gasteiger partial charge in [0.05, 0.1) is 12.7 Å². The van der Waals surface area contributed by atoms with Crippen molar-refractivity contribution in [3.05, 3.63) is 65.7 Å². The number of aliphatic hydroxyl groups is 1. The number of ether oxygens (including phenoxy) is 1. The Morgan fingerprint density at radius 3 is 2.21 bits per heavy atom. The van der Waals surface area contributed by atoms with Gasteiger partial charge >= 0.3 is 0 Å². The average molecular weight is 256 g/mol. The second-order valence-corrected chi connectivity index (χ2v) is 4.99. The van der Waals surface area contributed by atoms with Crippen molar-refractivity contribution in [2.45, 2.75) is 25.4 Å². The van der Waals surface area contributed by atoms with Gasteiger partial charge in [-0.05, 0) is 43.0 Å². The van der Waals surface area contributed by atoms with Crippen LogP contribution in [0.25, 0.3) is 0 Å². The molecule has 0 aliphatic heterocycles. The van der Waals surface area contributed by atoms with Gasteiger partial charge in [-0.15, -0.1) is 0 Å². The molecular formula is C17H20O2. The lowest BCUT2D eigenvalue weighted by atomic mass is 9.89. The number of hydrogen-bond acceptors (Lipinski definition) is 2. The zero-order chi connectivity index (χ0) is 13.7. The van der Waals surface area contributed by atoms with Gasteiger partial charge in [-0.2, -0.15) is 0 Å². The summed E-state index contributed by atoms with van der Waals surface area (Å²) < 4.78 is 5.13. The highest BCUT2D eigenvalue weighted by atomic mass is 16.5. The van der Waals surface area contributed by atoms with Gasteiger partial charge in [-0.1, -0.05) is 42.5 Å². The van der Waals surface area contributed by atoms with Crippen LogP contribution in [-0.2, 0) is 12.0 Å².